The van der Waals surface area contributed by atoms with Gasteiger partial charge in [0.05, 0.1) is 0 Å². The number of hydrogen-bond donors (Lipinski definition) is 0. The Labute approximate surface area is 153 Å². The summed E-state index contributed by atoms with van der Waals surface area (Å²) in [6, 6.07) is 21.5. The molecule has 1 fully saturated rings. The second-order valence-electron chi connectivity index (χ2n) is 5.17. The van der Waals surface area contributed by atoms with E-state index < -0.39 is 0 Å². The summed E-state index contributed by atoms with van der Waals surface area (Å²) in [6.07, 6.45) is 3.66. The molecule has 1 aliphatic carbocycles. The standard InChI is InChI=1S/C19H16I2/c20-18(14-8-3-1-4-9-14)16-12-7-13-17(16)19(21)15-10-5-2-6-11-15/h1-6,8-11H,7,12-13H2/b18-16-,19-17-. The molecule has 0 unspecified atom stereocenters. The third-order valence-corrected chi connectivity index (χ3v) is 6.35. The van der Waals surface area contributed by atoms with Crippen molar-refractivity contribution in [2.45, 2.75) is 19.3 Å². The van der Waals surface area contributed by atoms with E-state index in [1.54, 1.807) is 0 Å². The van der Waals surface area contributed by atoms with Gasteiger partial charge in [0.15, 0.2) is 0 Å². The molecule has 0 aromatic heterocycles. The molecule has 0 atom stereocenters. The Morgan fingerprint density at radius 1 is 0.619 bits per heavy atom. The maximum absolute atomic E-state index is 2.52. The van der Waals surface area contributed by atoms with Crippen molar-refractivity contribution < 1.29 is 0 Å². The zero-order valence-electron chi connectivity index (χ0n) is 11.7. The Hall–Kier alpha value is -0.620. The molecule has 1 saturated carbocycles. The van der Waals surface area contributed by atoms with E-state index in [9.17, 15) is 0 Å². The van der Waals surface area contributed by atoms with E-state index in [0.717, 1.165) is 0 Å². The van der Waals surface area contributed by atoms with Gasteiger partial charge in [0.2, 0.25) is 0 Å². The van der Waals surface area contributed by atoms with Crippen LogP contribution in [0.4, 0.5) is 0 Å². The van der Waals surface area contributed by atoms with Crippen LogP contribution in [0, 0.1) is 0 Å². The maximum Gasteiger partial charge on any atom is 0.0237 e. The third kappa shape index (κ3) is 3.42. The summed E-state index contributed by atoms with van der Waals surface area (Å²) >= 11 is 5.04. The molecule has 0 heterocycles. The highest BCUT2D eigenvalue weighted by Gasteiger charge is 2.21. The molecule has 2 aromatic carbocycles. The minimum atomic E-state index is 1.20. The summed E-state index contributed by atoms with van der Waals surface area (Å²) in [5.74, 6) is 0. The monoisotopic (exact) mass is 498 g/mol. The van der Waals surface area contributed by atoms with Crippen molar-refractivity contribution in [1.29, 1.82) is 0 Å². The van der Waals surface area contributed by atoms with Gasteiger partial charge < -0.3 is 0 Å². The molecule has 3 rings (SSSR count). The van der Waals surface area contributed by atoms with Gasteiger partial charge in [0, 0.05) is 7.16 Å². The van der Waals surface area contributed by atoms with Gasteiger partial charge in [0.1, 0.15) is 0 Å². The predicted molar refractivity (Wildman–Crippen MR) is 109 cm³/mol. The molecule has 2 aromatic rings. The molecule has 0 N–H and O–H groups in total. The van der Waals surface area contributed by atoms with Crippen LogP contribution >= 0.6 is 45.2 Å². The van der Waals surface area contributed by atoms with Crippen LogP contribution in [0.5, 0.6) is 0 Å². The number of benzene rings is 2. The van der Waals surface area contributed by atoms with Gasteiger partial charge in [0.25, 0.3) is 0 Å². The summed E-state index contributed by atoms with van der Waals surface area (Å²) in [4.78, 5) is 0. The number of rotatable bonds is 2. The van der Waals surface area contributed by atoms with Crippen LogP contribution in [-0.2, 0) is 0 Å². The van der Waals surface area contributed by atoms with Crippen molar-refractivity contribution in [2.24, 2.45) is 0 Å². The zero-order valence-corrected chi connectivity index (χ0v) is 16.0. The molecule has 0 saturated heterocycles. The first-order valence-electron chi connectivity index (χ1n) is 7.16. The molecule has 1 aliphatic rings. The molecule has 21 heavy (non-hydrogen) atoms. The van der Waals surface area contributed by atoms with E-state index in [1.807, 2.05) is 0 Å². The van der Waals surface area contributed by atoms with Gasteiger partial charge in [-0.3, -0.25) is 0 Å². The van der Waals surface area contributed by atoms with Crippen LogP contribution in [0.15, 0.2) is 71.8 Å². The predicted octanol–water partition coefficient (Wildman–Crippen LogP) is 6.86. The van der Waals surface area contributed by atoms with Gasteiger partial charge in [-0.1, -0.05) is 60.7 Å². The van der Waals surface area contributed by atoms with E-state index >= 15 is 0 Å². The lowest BCUT2D eigenvalue weighted by Gasteiger charge is -2.10. The SMILES string of the molecule is I/C(=C1/CCC/C1=C(/I)c1ccccc1)c1ccccc1. The molecule has 0 nitrogen and oxygen atoms in total. The fourth-order valence-corrected chi connectivity index (χ4v) is 4.66. The lowest BCUT2D eigenvalue weighted by Crippen LogP contribution is -1.88. The Balaban J connectivity index is 2.07. The molecule has 2 heteroatoms. The summed E-state index contributed by atoms with van der Waals surface area (Å²) in [6.45, 7) is 0. The van der Waals surface area contributed by atoms with Crippen LogP contribution in [0.1, 0.15) is 30.4 Å². The Bertz CT molecular complexity index is 621. The number of hydrogen-bond acceptors (Lipinski definition) is 0. The molecule has 0 radical (unpaired) electrons. The molecule has 0 amide bonds. The second-order valence-corrected chi connectivity index (χ2v) is 7.33. The Morgan fingerprint density at radius 2 is 1.00 bits per heavy atom. The summed E-state index contributed by atoms with van der Waals surface area (Å²) in [7, 11) is 0. The normalized spacial score (nSPS) is 19.5. The van der Waals surface area contributed by atoms with E-state index in [-0.39, 0.29) is 0 Å². The van der Waals surface area contributed by atoms with E-state index in [2.05, 4.69) is 106 Å². The third-order valence-electron chi connectivity index (χ3n) is 3.80. The summed E-state index contributed by atoms with van der Waals surface area (Å²) in [5.41, 5.74) is 5.75. The first kappa shape index (κ1) is 15.3. The zero-order chi connectivity index (χ0) is 14.7. The Morgan fingerprint density at radius 3 is 1.38 bits per heavy atom. The van der Waals surface area contributed by atoms with Gasteiger partial charge in [-0.2, -0.15) is 0 Å². The fourth-order valence-electron chi connectivity index (χ4n) is 2.75. The topological polar surface area (TPSA) is 0 Å². The summed E-state index contributed by atoms with van der Waals surface area (Å²) < 4.78 is 2.82. The highest BCUT2D eigenvalue weighted by molar-refractivity contribution is 14.1. The van der Waals surface area contributed by atoms with E-state index in [0.29, 0.717) is 0 Å². The lowest BCUT2D eigenvalue weighted by molar-refractivity contribution is 0.935. The maximum atomic E-state index is 2.52. The minimum Gasteiger partial charge on any atom is -0.0622 e. The quantitative estimate of drug-likeness (QED) is 0.397. The van der Waals surface area contributed by atoms with Crippen molar-refractivity contribution in [2.75, 3.05) is 0 Å². The van der Waals surface area contributed by atoms with Crippen LogP contribution in [0.3, 0.4) is 0 Å². The molecule has 106 valence electrons. The lowest BCUT2D eigenvalue weighted by atomic mass is 10.0. The van der Waals surface area contributed by atoms with Gasteiger partial charge in [-0.15, -0.1) is 0 Å². The van der Waals surface area contributed by atoms with Crippen molar-refractivity contribution >= 4 is 52.3 Å². The van der Waals surface area contributed by atoms with Gasteiger partial charge in [-0.05, 0) is 86.7 Å². The number of allylic oxidation sites excluding steroid dienone is 2. The number of halogens is 2. The minimum absolute atomic E-state index is 1.20. The van der Waals surface area contributed by atoms with Crippen molar-refractivity contribution in [3.63, 3.8) is 0 Å². The second kappa shape index (κ2) is 7.09. The van der Waals surface area contributed by atoms with E-state index in [1.165, 1.54) is 48.7 Å². The molecule has 0 aliphatic heterocycles. The average molecular weight is 498 g/mol. The highest BCUT2D eigenvalue weighted by atomic mass is 127. The van der Waals surface area contributed by atoms with Crippen LogP contribution in [-0.4, -0.2) is 0 Å². The first-order valence-corrected chi connectivity index (χ1v) is 9.31. The van der Waals surface area contributed by atoms with Crippen molar-refractivity contribution in [3.05, 3.63) is 82.9 Å². The van der Waals surface area contributed by atoms with Crippen LogP contribution < -0.4 is 0 Å². The van der Waals surface area contributed by atoms with E-state index in [4.69, 9.17) is 0 Å². The van der Waals surface area contributed by atoms with Crippen LogP contribution in [0.2, 0.25) is 0 Å². The van der Waals surface area contributed by atoms with Gasteiger partial charge in [-0.25, -0.2) is 0 Å². The summed E-state index contributed by atoms with van der Waals surface area (Å²) in [5, 5.41) is 0. The molecule has 0 bridgehead atoms. The largest absolute Gasteiger partial charge is 0.0622 e. The smallest absolute Gasteiger partial charge is 0.0237 e. The van der Waals surface area contributed by atoms with Crippen molar-refractivity contribution in [1.82, 2.24) is 0 Å². The molecule has 0 spiro atoms. The first-order chi connectivity index (χ1) is 10.3. The molecular formula is C19H16I2. The Kier molecular flexibility index (Phi) is 5.16. The fraction of sp³-hybridized carbons (Fsp3) is 0.158. The molecular weight excluding hydrogens is 482 g/mol. The van der Waals surface area contributed by atoms with Crippen molar-refractivity contribution in [3.8, 4) is 0 Å². The average Bonchev–Trinajstić information content (AvgIpc) is 3.04. The van der Waals surface area contributed by atoms with Gasteiger partial charge >= 0.3 is 0 Å². The highest BCUT2D eigenvalue weighted by Crippen LogP contribution is 2.44. The van der Waals surface area contributed by atoms with Crippen LogP contribution in [0.25, 0.3) is 7.16 Å².